The quantitative estimate of drug-likeness (QED) is 0.795. The highest BCUT2D eigenvalue weighted by atomic mass is 35.5. The Morgan fingerprint density at radius 1 is 1.21 bits per heavy atom. The zero-order valence-electron chi connectivity index (χ0n) is 12.9. The summed E-state index contributed by atoms with van der Waals surface area (Å²) in [7, 11) is 0. The molecule has 4 rings (SSSR count). The van der Waals surface area contributed by atoms with Crippen LogP contribution in [-0.4, -0.2) is 33.9 Å². The molecular formula is C18H16ClN3O2. The number of anilines is 1. The normalized spacial score (nSPS) is 17.1. The Morgan fingerprint density at radius 3 is 2.67 bits per heavy atom. The van der Waals surface area contributed by atoms with E-state index in [1.54, 1.807) is 16.7 Å². The van der Waals surface area contributed by atoms with E-state index in [-0.39, 0.29) is 18.3 Å². The van der Waals surface area contributed by atoms with Gasteiger partial charge in [-0.3, -0.25) is 4.57 Å². The molecule has 0 saturated carbocycles. The van der Waals surface area contributed by atoms with E-state index in [0.29, 0.717) is 16.4 Å². The Morgan fingerprint density at radius 2 is 2.00 bits per heavy atom. The van der Waals surface area contributed by atoms with E-state index in [2.05, 4.69) is 4.98 Å². The standard InChI is InChI=1S/C18H16ClN3O2/c19-12-6-7-15-16(10-12)22(13-4-2-1-3-5-13)18(24)20-17(15)21-9-8-14(21)11-23/h1-7,10,14,23H,8-9,11H2. The first kappa shape index (κ1) is 15.2. The van der Waals surface area contributed by atoms with Crippen LogP contribution in [0.25, 0.3) is 16.6 Å². The molecule has 2 aromatic carbocycles. The number of aromatic nitrogens is 2. The van der Waals surface area contributed by atoms with Crippen LogP contribution in [0.4, 0.5) is 5.82 Å². The Kier molecular flexibility index (Phi) is 3.75. The molecule has 1 aliphatic heterocycles. The van der Waals surface area contributed by atoms with Crippen LogP contribution >= 0.6 is 11.6 Å². The molecule has 0 bridgehead atoms. The lowest BCUT2D eigenvalue weighted by Gasteiger charge is -2.41. The van der Waals surface area contributed by atoms with Gasteiger partial charge in [-0.05, 0) is 36.8 Å². The van der Waals surface area contributed by atoms with Crippen molar-refractivity contribution in [1.29, 1.82) is 0 Å². The van der Waals surface area contributed by atoms with Crippen molar-refractivity contribution in [3.8, 4) is 5.69 Å². The number of halogens is 1. The maximum absolute atomic E-state index is 12.7. The summed E-state index contributed by atoms with van der Waals surface area (Å²) in [6, 6.07) is 14.9. The van der Waals surface area contributed by atoms with Crippen molar-refractivity contribution in [2.75, 3.05) is 18.1 Å². The van der Waals surface area contributed by atoms with Gasteiger partial charge in [0.05, 0.1) is 23.9 Å². The Hall–Kier alpha value is -2.37. The monoisotopic (exact) mass is 341 g/mol. The SMILES string of the molecule is O=c1nc(N2CCC2CO)c2ccc(Cl)cc2n1-c1ccccc1. The smallest absolute Gasteiger partial charge is 0.354 e. The van der Waals surface area contributed by atoms with Gasteiger partial charge in [-0.1, -0.05) is 29.8 Å². The molecule has 1 aromatic heterocycles. The Balaban J connectivity index is 2.01. The predicted octanol–water partition coefficient (Wildman–Crippen LogP) is 2.61. The van der Waals surface area contributed by atoms with Gasteiger partial charge < -0.3 is 10.0 Å². The molecule has 1 atom stereocenters. The van der Waals surface area contributed by atoms with Gasteiger partial charge in [0.15, 0.2) is 0 Å². The van der Waals surface area contributed by atoms with Crippen molar-refractivity contribution in [2.45, 2.75) is 12.5 Å². The van der Waals surface area contributed by atoms with Gasteiger partial charge in [0.1, 0.15) is 5.82 Å². The molecule has 0 aliphatic carbocycles. The summed E-state index contributed by atoms with van der Waals surface area (Å²) in [5.41, 5.74) is 1.11. The van der Waals surface area contributed by atoms with E-state index in [0.717, 1.165) is 24.0 Å². The van der Waals surface area contributed by atoms with E-state index in [1.165, 1.54) is 0 Å². The van der Waals surface area contributed by atoms with E-state index in [4.69, 9.17) is 11.6 Å². The van der Waals surface area contributed by atoms with Crippen molar-refractivity contribution < 1.29 is 5.11 Å². The van der Waals surface area contributed by atoms with Crippen molar-refractivity contribution in [1.82, 2.24) is 9.55 Å². The molecule has 0 radical (unpaired) electrons. The highest BCUT2D eigenvalue weighted by Crippen LogP contribution is 2.32. The lowest BCUT2D eigenvalue weighted by molar-refractivity contribution is 0.226. The fourth-order valence-corrected chi connectivity index (χ4v) is 3.30. The summed E-state index contributed by atoms with van der Waals surface area (Å²) in [4.78, 5) is 19.0. The maximum atomic E-state index is 12.7. The minimum Gasteiger partial charge on any atom is -0.394 e. The van der Waals surface area contributed by atoms with Gasteiger partial charge >= 0.3 is 5.69 Å². The van der Waals surface area contributed by atoms with E-state index in [1.807, 2.05) is 41.3 Å². The van der Waals surface area contributed by atoms with Crippen LogP contribution in [0.2, 0.25) is 5.02 Å². The van der Waals surface area contributed by atoms with Gasteiger partial charge in [0, 0.05) is 17.0 Å². The number of benzene rings is 2. The van der Waals surface area contributed by atoms with Gasteiger partial charge in [-0.25, -0.2) is 4.79 Å². The average Bonchev–Trinajstić information content (AvgIpc) is 2.55. The summed E-state index contributed by atoms with van der Waals surface area (Å²) in [6.45, 7) is 0.837. The number of hydrogen-bond donors (Lipinski definition) is 1. The number of nitrogens with zero attached hydrogens (tertiary/aromatic N) is 3. The topological polar surface area (TPSA) is 58.4 Å². The second-order valence-electron chi connectivity index (χ2n) is 5.87. The maximum Gasteiger partial charge on any atom is 0.354 e. The van der Waals surface area contributed by atoms with Crippen LogP contribution in [0.15, 0.2) is 53.3 Å². The van der Waals surface area contributed by atoms with Crippen molar-refractivity contribution in [3.05, 3.63) is 64.0 Å². The third kappa shape index (κ3) is 2.37. The van der Waals surface area contributed by atoms with Crippen LogP contribution < -0.4 is 10.6 Å². The minimum atomic E-state index is -0.352. The largest absolute Gasteiger partial charge is 0.394 e. The van der Waals surface area contributed by atoms with Crippen LogP contribution in [-0.2, 0) is 0 Å². The first-order valence-corrected chi connectivity index (χ1v) is 8.22. The summed E-state index contributed by atoms with van der Waals surface area (Å²) >= 11 is 6.18. The molecule has 1 N–H and O–H groups in total. The molecule has 6 heteroatoms. The number of aliphatic hydroxyl groups excluding tert-OH is 1. The molecule has 5 nitrogen and oxygen atoms in total. The van der Waals surface area contributed by atoms with Gasteiger partial charge in [-0.15, -0.1) is 0 Å². The molecule has 3 aromatic rings. The highest BCUT2D eigenvalue weighted by molar-refractivity contribution is 6.31. The Bertz CT molecular complexity index is 954. The number of hydrogen-bond acceptors (Lipinski definition) is 4. The number of rotatable bonds is 3. The minimum absolute atomic E-state index is 0.0170. The van der Waals surface area contributed by atoms with Crippen LogP contribution in [0, 0.1) is 0 Å². The highest BCUT2D eigenvalue weighted by Gasteiger charge is 2.30. The molecule has 1 saturated heterocycles. The van der Waals surface area contributed by atoms with Crippen LogP contribution in [0.5, 0.6) is 0 Å². The zero-order valence-corrected chi connectivity index (χ0v) is 13.6. The predicted molar refractivity (Wildman–Crippen MR) is 95.2 cm³/mol. The molecule has 1 unspecified atom stereocenters. The number of fused-ring (bicyclic) bond motifs is 1. The summed E-state index contributed by atoms with van der Waals surface area (Å²) in [5.74, 6) is 0.615. The number of aliphatic hydroxyl groups is 1. The first-order chi connectivity index (χ1) is 11.7. The molecule has 0 amide bonds. The van der Waals surface area contributed by atoms with Crippen molar-refractivity contribution in [2.24, 2.45) is 0 Å². The van der Waals surface area contributed by atoms with Gasteiger partial charge in [0.25, 0.3) is 0 Å². The van der Waals surface area contributed by atoms with Crippen LogP contribution in [0.3, 0.4) is 0 Å². The van der Waals surface area contributed by atoms with E-state index < -0.39 is 0 Å². The van der Waals surface area contributed by atoms with E-state index >= 15 is 0 Å². The zero-order chi connectivity index (χ0) is 16.7. The fraction of sp³-hybridized carbons (Fsp3) is 0.222. The third-order valence-electron chi connectivity index (χ3n) is 4.48. The third-order valence-corrected chi connectivity index (χ3v) is 4.71. The van der Waals surface area contributed by atoms with Gasteiger partial charge in [0.2, 0.25) is 0 Å². The lowest BCUT2D eigenvalue weighted by atomic mass is 10.0. The molecule has 1 aliphatic rings. The van der Waals surface area contributed by atoms with Crippen molar-refractivity contribution >= 4 is 28.3 Å². The summed E-state index contributed by atoms with van der Waals surface area (Å²) in [5, 5.41) is 10.9. The second kappa shape index (κ2) is 5.92. The molecule has 0 spiro atoms. The molecule has 24 heavy (non-hydrogen) atoms. The summed E-state index contributed by atoms with van der Waals surface area (Å²) in [6.07, 6.45) is 0.898. The molecule has 2 heterocycles. The second-order valence-corrected chi connectivity index (χ2v) is 6.31. The van der Waals surface area contributed by atoms with Crippen molar-refractivity contribution in [3.63, 3.8) is 0 Å². The fourth-order valence-electron chi connectivity index (χ4n) is 3.14. The van der Waals surface area contributed by atoms with E-state index in [9.17, 15) is 9.90 Å². The Labute approximate surface area is 143 Å². The lowest BCUT2D eigenvalue weighted by Crippen LogP contribution is -2.51. The first-order valence-electron chi connectivity index (χ1n) is 7.84. The summed E-state index contributed by atoms with van der Waals surface area (Å²) < 4.78 is 1.57. The van der Waals surface area contributed by atoms with Gasteiger partial charge in [-0.2, -0.15) is 4.98 Å². The average molecular weight is 342 g/mol. The molecular weight excluding hydrogens is 326 g/mol. The van der Waals surface area contributed by atoms with Crippen LogP contribution in [0.1, 0.15) is 6.42 Å². The number of para-hydroxylation sites is 1. The molecule has 1 fully saturated rings. The molecule has 122 valence electrons.